The van der Waals surface area contributed by atoms with Crippen LogP contribution >= 0.6 is 0 Å². The number of furan rings is 1. The van der Waals surface area contributed by atoms with E-state index < -0.39 is 11.8 Å². The summed E-state index contributed by atoms with van der Waals surface area (Å²) in [7, 11) is 1.20. The number of carbonyl (C=O) groups is 2. The van der Waals surface area contributed by atoms with Gasteiger partial charge in [0.2, 0.25) is 0 Å². The summed E-state index contributed by atoms with van der Waals surface area (Å²) in [5.74, 6) is -0.578. The van der Waals surface area contributed by atoms with E-state index in [-0.39, 0.29) is 11.3 Å². The van der Waals surface area contributed by atoms with Crippen LogP contribution in [0.1, 0.15) is 20.9 Å². The SMILES string of the molecule is COC(=O)c1ccc(-c2cccc(-c3ccc(C=O)o3)c2)cc1F. The van der Waals surface area contributed by atoms with Crippen molar-refractivity contribution < 1.29 is 23.1 Å². The minimum Gasteiger partial charge on any atom is -0.465 e. The second-order valence-corrected chi connectivity index (χ2v) is 5.09. The van der Waals surface area contributed by atoms with E-state index in [1.165, 1.54) is 19.2 Å². The van der Waals surface area contributed by atoms with Gasteiger partial charge in [0.1, 0.15) is 11.6 Å². The Labute approximate surface area is 137 Å². The third-order valence-electron chi connectivity index (χ3n) is 3.60. The van der Waals surface area contributed by atoms with E-state index in [1.54, 1.807) is 24.3 Å². The smallest absolute Gasteiger partial charge is 0.340 e. The highest BCUT2D eigenvalue weighted by Crippen LogP contribution is 2.28. The maximum absolute atomic E-state index is 14.1. The zero-order valence-electron chi connectivity index (χ0n) is 12.8. The number of hydrogen-bond acceptors (Lipinski definition) is 4. The Morgan fingerprint density at radius 2 is 1.79 bits per heavy atom. The van der Waals surface area contributed by atoms with Crippen LogP contribution in [-0.2, 0) is 4.74 Å². The molecule has 0 saturated carbocycles. The van der Waals surface area contributed by atoms with E-state index >= 15 is 0 Å². The van der Waals surface area contributed by atoms with E-state index in [4.69, 9.17) is 4.42 Å². The second-order valence-electron chi connectivity index (χ2n) is 5.09. The number of esters is 1. The van der Waals surface area contributed by atoms with Crippen molar-refractivity contribution in [2.45, 2.75) is 0 Å². The van der Waals surface area contributed by atoms with Gasteiger partial charge in [0.15, 0.2) is 12.0 Å². The normalized spacial score (nSPS) is 10.4. The molecule has 0 atom stereocenters. The summed E-state index contributed by atoms with van der Waals surface area (Å²) in [4.78, 5) is 22.2. The molecule has 0 fully saturated rings. The molecule has 1 aromatic heterocycles. The first kappa shape index (κ1) is 15.7. The average Bonchev–Trinajstić information content (AvgIpc) is 3.10. The zero-order chi connectivity index (χ0) is 17.1. The lowest BCUT2D eigenvalue weighted by molar-refractivity contribution is 0.0595. The van der Waals surface area contributed by atoms with Gasteiger partial charge in [0.25, 0.3) is 0 Å². The van der Waals surface area contributed by atoms with Crippen LogP contribution in [0.4, 0.5) is 4.39 Å². The first-order chi connectivity index (χ1) is 11.6. The molecule has 0 saturated heterocycles. The zero-order valence-corrected chi connectivity index (χ0v) is 12.8. The Morgan fingerprint density at radius 1 is 1.04 bits per heavy atom. The molecule has 3 aromatic rings. The summed E-state index contributed by atoms with van der Waals surface area (Å²) in [6.07, 6.45) is 0.633. The Kier molecular flexibility index (Phi) is 4.24. The maximum atomic E-state index is 14.1. The standard InChI is InChI=1S/C19H13FO4/c1-23-19(22)16-7-5-13(10-17(16)20)12-3-2-4-14(9-12)18-8-6-15(11-21)24-18/h2-11H,1H3. The number of methoxy groups -OCH3 is 1. The van der Waals surface area contributed by atoms with Crippen LogP contribution in [0.5, 0.6) is 0 Å². The molecule has 5 heteroatoms. The Balaban J connectivity index is 1.98. The summed E-state index contributed by atoms with van der Waals surface area (Å²) < 4.78 is 24.0. The third kappa shape index (κ3) is 2.96. The minimum atomic E-state index is -0.718. The number of hydrogen-bond donors (Lipinski definition) is 0. The van der Waals surface area contributed by atoms with Gasteiger partial charge in [0, 0.05) is 5.56 Å². The highest BCUT2D eigenvalue weighted by Gasteiger charge is 2.13. The van der Waals surface area contributed by atoms with Gasteiger partial charge in [-0.05, 0) is 41.5 Å². The summed E-state index contributed by atoms with van der Waals surface area (Å²) >= 11 is 0. The summed E-state index contributed by atoms with van der Waals surface area (Å²) in [5, 5.41) is 0. The van der Waals surface area contributed by atoms with Gasteiger partial charge in [-0.3, -0.25) is 4.79 Å². The molecule has 0 bridgehead atoms. The van der Waals surface area contributed by atoms with E-state index in [1.807, 2.05) is 18.2 Å². The summed E-state index contributed by atoms with van der Waals surface area (Å²) in [6.45, 7) is 0. The average molecular weight is 324 g/mol. The van der Waals surface area contributed by atoms with E-state index in [9.17, 15) is 14.0 Å². The fraction of sp³-hybridized carbons (Fsp3) is 0.0526. The van der Waals surface area contributed by atoms with Crippen molar-refractivity contribution in [2.75, 3.05) is 7.11 Å². The van der Waals surface area contributed by atoms with Crippen molar-refractivity contribution in [3.8, 4) is 22.5 Å². The molecule has 3 rings (SSSR count). The highest BCUT2D eigenvalue weighted by molar-refractivity contribution is 5.90. The molecule has 0 amide bonds. The predicted molar refractivity (Wildman–Crippen MR) is 86.3 cm³/mol. The van der Waals surface area contributed by atoms with Crippen LogP contribution in [0.25, 0.3) is 22.5 Å². The molecule has 0 aliphatic rings. The lowest BCUT2D eigenvalue weighted by Crippen LogP contribution is -2.04. The predicted octanol–water partition coefficient (Wildman–Crippen LogP) is 4.35. The Hall–Kier alpha value is -3.21. The van der Waals surface area contributed by atoms with Crippen molar-refractivity contribution in [1.82, 2.24) is 0 Å². The second kappa shape index (κ2) is 6.50. The molecule has 2 aromatic carbocycles. The van der Waals surface area contributed by atoms with Crippen LogP contribution in [0.15, 0.2) is 59.0 Å². The van der Waals surface area contributed by atoms with Crippen molar-refractivity contribution in [3.63, 3.8) is 0 Å². The molecule has 4 nitrogen and oxygen atoms in total. The van der Waals surface area contributed by atoms with Crippen LogP contribution in [0.2, 0.25) is 0 Å². The molecule has 24 heavy (non-hydrogen) atoms. The van der Waals surface area contributed by atoms with E-state index in [2.05, 4.69) is 4.74 Å². The largest absolute Gasteiger partial charge is 0.465 e. The van der Waals surface area contributed by atoms with Crippen molar-refractivity contribution in [1.29, 1.82) is 0 Å². The number of carbonyl (C=O) groups excluding carboxylic acids is 2. The molecule has 0 spiro atoms. The third-order valence-corrected chi connectivity index (χ3v) is 3.60. The van der Waals surface area contributed by atoms with Crippen molar-refractivity contribution >= 4 is 12.3 Å². The summed E-state index contributed by atoms with van der Waals surface area (Å²) in [6, 6.07) is 14.9. The van der Waals surface area contributed by atoms with Crippen LogP contribution in [0, 0.1) is 5.82 Å². The van der Waals surface area contributed by atoms with Gasteiger partial charge in [-0.15, -0.1) is 0 Å². The quantitative estimate of drug-likeness (QED) is 0.529. The molecule has 0 N–H and O–H groups in total. The van der Waals surface area contributed by atoms with Gasteiger partial charge in [-0.2, -0.15) is 0 Å². The van der Waals surface area contributed by atoms with E-state index in [0.29, 0.717) is 17.6 Å². The Morgan fingerprint density at radius 3 is 2.46 bits per heavy atom. The fourth-order valence-corrected chi connectivity index (χ4v) is 2.39. The first-order valence-electron chi connectivity index (χ1n) is 7.16. The molecule has 0 radical (unpaired) electrons. The lowest BCUT2D eigenvalue weighted by atomic mass is 10.0. The van der Waals surface area contributed by atoms with Gasteiger partial charge in [-0.1, -0.05) is 24.3 Å². The van der Waals surface area contributed by atoms with Gasteiger partial charge in [-0.25, -0.2) is 9.18 Å². The molecule has 0 aliphatic heterocycles. The lowest BCUT2D eigenvalue weighted by Gasteiger charge is -2.07. The van der Waals surface area contributed by atoms with Crippen LogP contribution in [0.3, 0.4) is 0 Å². The van der Waals surface area contributed by atoms with Crippen LogP contribution in [-0.4, -0.2) is 19.4 Å². The number of benzene rings is 2. The number of ether oxygens (including phenoxy) is 1. The first-order valence-corrected chi connectivity index (χ1v) is 7.16. The van der Waals surface area contributed by atoms with E-state index in [0.717, 1.165) is 11.1 Å². The highest BCUT2D eigenvalue weighted by atomic mass is 19.1. The fourth-order valence-electron chi connectivity index (χ4n) is 2.39. The van der Waals surface area contributed by atoms with Gasteiger partial charge >= 0.3 is 5.97 Å². The number of halogens is 1. The van der Waals surface area contributed by atoms with Gasteiger partial charge < -0.3 is 9.15 Å². The molecular weight excluding hydrogens is 311 g/mol. The molecule has 120 valence electrons. The number of rotatable bonds is 4. The summed E-state index contributed by atoms with van der Waals surface area (Å²) in [5.41, 5.74) is 2.02. The maximum Gasteiger partial charge on any atom is 0.340 e. The molecule has 1 heterocycles. The monoisotopic (exact) mass is 324 g/mol. The molecular formula is C19H13FO4. The van der Waals surface area contributed by atoms with Gasteiger partial charge in [0.05, 0.1) is 12.7 Å². The topological polar surface area (TPSA) is 56.5 Å². The Bertz CT molecular complexity index is 911. The molecule has 0 unspecified atom stereocenters. The van der Waals surface area contributed by atoms with Crippen molar-refractivity contribution in [3.05, 3.63) is 71.7 Å². The van der Waals surface area contributed by atoms with Crippen LogP contribution < -0.4 is 0 Å². The molecule has 0 aliphatic carbocycles. The van der Waals surface area contributed by atoms with Crippen molar-refractivity contribution in [2.24, 2.45) is 0 Å². The number of aldehydes is 1. The minimum absolute atomic E-state index is 0.112.